The summed E-state index contributed by atoms with van der Waals surface area (Å²) in [6, 6.07) is 0. The van der Waals surface area contributed by atoms with E-state index in [4.69, 9.17) is 11.2 Å². The first kappa shape index (κ1) is 7.63. The van der Waals surface area contributed by atoms with Crippen molar-refractivity contribution in [3.63, 3.8) is 0 Å². The number of hydrogen-bond acceptors (Lipinski definition) is 1. The van der Waals surface area contributed by atoms with Gasteiger partial charge in [0.2, 0.25) is 0 Å². The van der Waals surface area contributed by atoms with Crippen LogP contribution in [0.15, 0.2) is 0 Å². The molecule has 10 heavy (non-hydrogen) atoms. The zero-order valence-corrected chi connectivity index (χ0v) is 6.31. The van der Waals surface area contributed by atoms with Crippen LogP contribution in [0, 0.1) is 12.3 Å². The predicted octanol–water partition coefficient (Wildman–Crippen LogP) is 1.97. The van der Waals surface area contributed by atoms with E-state index in [1.54, 1.807) is 0 Å². The van der Waals surface area contributed by atoms with Crippen molar-refractivity contribution >= 4 is 0 Å². The molecule has 1 nitrogen and oxygen atoms in total. The Morgan fingerprint density at radius 1 is 1.30 bits per heavy atom. The highest BCUT2D eigenvalue weighted by atomic mass is 16.5. The summed E-state index contributed by atoms with van der Waals surface area (Å²) in [5.41, 5.74) is 0. The van der Waals surface area contributed by atoms with Crippen LogP contribution < -0.4 is 0 Å². The van der Waals surface area contributed by atoms with Crippen LogP contribution in [-0.2, 0) is 4.74 Å². The topological polar surface area (TPSA) is 9.23 Å². The number of hydrogen-bond donors (Lipinski definition) is 0. The molecule has 1 saturated carbocycles. The van der Waals surface area contributed by atoms with Gasteiger partial charge in [0.05, 0.1) is 6.10 Å². The minimum atomic E-state index is 0.463. The van der Waals surface area contributed by atoms with Crippen molar-refractivity contribution in [1.29, 1.82) is 0 Å². The van der Waals surface area contributed by atoms with Crippen molar-refractivity contribution in [2.45, 2.75) is 38.2 Å². The first-order valence-electron chi connectivity index (χ1n) is 3.98. The van der Waals surface area contributed by atoms with E-state index in [1.165, 1.54) is 32.1 Å². The lowest BCUT2D eigenvalue weighted by Crippen LogP contribution is -2.16. The molecule has 1 heteroatoms. The highest BCUT2D eigenvalue weighted by Crippen LogP contribution is 2.19. The second-order valence-corrected chi connectivity index (χ2v) is 2.78. The first-order valence-corrected chi connectivity index (χ1v) is 3.98. The fourth-order valence-corrected chi connectivity index (χ4v) is 1.40. The summed E-state index contributed by atoms with van der Waals surface area (Å²) in [6.07, 6.45) is 12.0. The predicted molar refractivity (Wildman–Crippen MR) is 41.7 cm³/mol. The summed E-state index contributed by atoms with van der Waals surface area (Å²) in [7, 11) is 0. The quantitative estimate of drug-likeness (QED) is 0.530. The largest absolute Gasteiger partial charge is 0.366 e. The normalized spacial score (nSPS) is 20.3. The van der Waals surface area contributed by atoms with Gasteiger partial charge in [0.1, 0.15) is 6.61 Å². The standard InChI is InChI=1S/C9H14O/c1-2-8-10-9-6-4-3-5-7-9/h1,9H,3-8H2. The molecular formula is C9H14O. The van der Waals surface area contributed by atoms with Gasteiger partial charge in [0, 0.05) is 0 Å². The second kappa shape index (κ2) is 4.35. The molecule has 0 aromatic carbocycles. The minimum absolute atomic E-state index is 0.463. The Balaban J connectivity index is 2.09. The van der Waals surface area contributed by atoms with Gasteiger partial charge in [-0.2, -0.15) is 0 Å². The van der Waals surface area contributed by atoms with Gasteiger partial charge in [-0.15, -0.1) is 6.42 Å². The van der Waals surface area contributed by atoms with Crippen LogP contribution in [0.4, 0.5) is 0 Å². The van der Waals surface area contributed by atoms with E-state index in [1.807, 2.05) is 0 Å². The Kier molecular flexibility index (Phi) is 3.32. The van der Waals surface area contributed by atoms with E-state index in [0.29, 0.717) is 12.7 Å². The van der Waals surface area contributed by atoms with Crippen molar-refractivity contribution in [3.8, 4) is 12.3 Å². The maximum atomic E-state index is 5.40. The lowest BCUT2D eigenvalue weighted by molar-refractivity contribution is 0.0498. The van der Waals surface area contributed by atoms with Crippen LogP contribution in [-0.4, -0.2) is 12.7 Å². The molecule has 0 heterocycles. The fourth-order valence-electron chi connectivity index (χ4n) is 1.40. The highest BCUT2D eigenvalue weighted by molar-refractivity contribution is 4.83. The summed E-state index contributed by atoms with van der Waals surface area (Å²) < 4.78 is 5.40. The Bertz CT molecular complexity index is 117. The molecule has 0 aromatic heterocycles. The van der Waals surface area contributed by atoms with Crippen LogP contribution in [0.3, 0.4) is 0 Å². The number of rotatable bonds is 2. The van der Waals surface area contributed by atoms with E-state index in [0.717, 1.165) is 0 Å². The molecule has 1 aliphatic rings. The molecule has 1 aliphatic carbocycles. The van der Waals surface area contributed by atoms with Gasteiger partial charge in [0.15, 0.2) is 0 Å². The van der Waals surface area contributed by atoms with Crippen molar-refractivity contribution in [2.75, 3.05) is 6.61 Å². The summed E-state index contributed by atoms with van der Waals surface area (Å²) in [6.45, 7) is 0.491. The summed E-state index contributed by atoms with van der Waals surface area (Å²) in [5.74, 6) is 2.49. The molecule has 0 unspecified atom stereocenters. The van der Waals surface area contributed by atoms with Gasteiger partial charge >= 0.3 is 0 Å². The average Bonchev–Trinajstić information content (AvgIpc) is 2.03. The average molecular weight is 138 g/mol. The van der Waals surface area contributed by atoms with Crippen LogP contribution >= 0.6 is 0 Å². The van der Waals surface area contributed by atoms with E-state index in [-0.39, 0.29) is 0 Å². The lowest BCUT2D eigenvalue weighted by atomic mass is 9.98. The SMILES string of the molecule is C#CCOC1CCCCC1. The molecule has 0 amide bonds. The molecule has 0 saturated heterocycles. The van der Waals surface area contributed by atoms with Gasteiger partial charge in [-0.25, -0.2) is 0 Å². The third-order valence-corrected chi connectivity index (χ3v) is 1.95. The number of ether oxygens (including phenoxy) is 1. The third kappa shape index (κ3) is 2.41. The second-order valence-electron chi connectivity index (χ2n) is 2.78. The maximum Gasteiger partial charge on any atom is 0.107 e. The third-order valence-electron chi connectivity index (χ3n) is 1.95. The minimum Gasteiger partial charge on any atom is -0.366 e. The molecule has 0 atom stereocenters. The summed E-state index contributed by atoms with van der Waals surface area (Å²) >= 11 is 0. The Hall–Kier alpha value is -0.480. The molecular weight excluding hydrogens is 124 g/mol. The molecule has 56 valence electrons. The van der Waals surface area contributed by atoms with E-state index >= 15 is 0 Å². The lowest BCUT2D eigenvalue weighted by Gasteiger charge is -2.20. The number of terminal acetylenes is 1. The van der Waals surface area contributed by atoms with Gasteiger partial charge in [-0.05, 0) is 12.8 Å². The molecule has 0 aromatic rings. The summed E-state index contributed by atoms with van der Waals surface area (Å²) in [4.78, 5) is 0. The smallest absolute Gasteiger partial charge is 0.107 e. The zero-order valence-electron chi connectivity index (χ0n) is 6.31. The van der Waals surface area contributed by atoms with Crippen molar-refractivity contribution < 1.29 is 4.74 Å². The molecule has 0 spiro atoms. The van der Waals surface area contributed by atoms with Crippen molar-refractivity contribution in [3.05, 3.63) is 0 Å². The van der Waals surface area contributed by atoms with Gasteiger partial charge in [-0.1, -0.05) is 25.2 Å². The zero-order chi connectivity index (χ0) is 7.23. The monoisotopic (exact) mass is 138 g/mol. The Morgan fingerprint density at radius 2 is 2.00 bits per heavy atom. The maximum absolute atomic E-state index is 5.40. The molecule has 0 radical (unpaired) electrons. The highest BCUT2D eigenvalue weighted by Gasteiger charge is 2.12. The fraction of sp³-hybridized carbons (Fsp3) is 0.778. The van der Waals surface area contributed by atoms with Crippen LogP contribution in [0.1, 0.15) is 32.1 Å². The van der Waals surface area contributed by atoms with Crippen LogP contribution in [0.25, 0.3) is 0 Å². The Labute approximate surface area is 62.8 Å². The molecule has 0 N–H and O–H groups in total. The van der Waals surface area contributed by atoms with E-state index < -0.39 is 0 Å². The van der Waals surface area contributed by atoms with Crippen LogP contribution in [0.5, 0.6) is 0 Å². The van der Waals surface area contributed by atoms with Crippen molar-refractivity contribution in [2.24, 2.45) is 0 Å². The molecule has 0 bridgehead atoms. The Morgan fingerprint density at radius 3 is 2.60 bits per heavy atom. The summed E-state index contributed by atoms with van der Waals surface area (Å²) in [5, 5.41) is 0. The van der Waals surface area contributed by atoms with Gasteiger partial charge < -0.3 is 4.74 Å². The molecule has 0 aliphatic heterocycles. The van der Waals surface area contributed by atoms with Crippen molar-refractivity contribution in [1.82, 2.24) is 0 Å². The van der Waals surface area contributed by atoms with Gasteiger partial charge in [0.25, 0.3) is 0 Å². The van der Waals surface area contributed by atoms with Gasteiger partial charge in [-0.3, -0.25) is 0 Å². The van der Waals surface area contributed by atoms with E-state index in [9.17, 15) is 0 Å². The van der Waals surface area contributed by atoms with Crippen LogP contribution in [0.2, 0.25) is 0 Å². The molecule has 1 fully saturated rings. The first-order chi connectivity index (χ1) is 4.93. The molecule has 1 rings (SSSR count). The van der Waals surface area contributed by atoms with E-state index in [2.05, 4.69) is 5.92 Å².